The Labute approximate surface area is 170 Å². The van der Waals surface area contributed by atoms with E-state index < -0.39 is 6.03 Å². The van der Waals surface area contributed by atoms with Crippen LogP contribution in [0.5, 0.6) is 11.5 Å². The van der Waals surface area contributed by atoms with Gasteiger partial charge in [0.25, 0.3) is 0 Å². The number of nitrogens with one attached hydrogen (secondary N) is 2. The first kappa shape index (κ1) is 19.1. The molecule has 2 heterocycles. The van der Waals surface area contributed by atoms with Crippen LogP contribution in [-0.4, -0.2) is 37.7 Å². The normalized spacial score (nSPS) is 17.7. The Morgan fingerprint density at radius 2 is 1.90 bits per heavy atom. The number of fused-ring (bicyclic) bond motifs is 2. The molecule has 0 fully saturated rings. The summed E-state index contributed by atoms with van der Waals surface area (Å²) >= 11 is 0. The van der Waals surface area contributed by atoms with Gasteiger partial charge in [0.1, 0.15) is 0 Å². The highest BCUT2D eigenvalue weighted by Crippen LogP contribution is 2.32. The largest absolute Gasteiger partial charge is 0.490 e. The number of imide groups is 1. The van der Waals surface area contributed by atoms with Crippen molar-refractivity contribution in [1.82, 2.24) is 5.32 Å². The van der Waals surface area contributed by atoms with Gasteiger partial charge in [0, 0.05) is 29.9 Å². The van der Waals surface area contributed by atoms with E-state index in [0.717, 1.165) is 24.9 Å². The smallest absolute Gasteiger partial charge is 0.325 e. The quantitative estimate of drug-likeness (QED) is 0.833. The fourth-order valence-corrected chi connectivity index (χ4v) is 3.73. The minimum Gasteiger partial charge on any atom is -0.490 e. The van der Waals surface area contributed by atoms with Crippen LogP contribution < -0.4 is 25.0 Å². The highest BCUT2D eigenvalue weighted by molar-refractivity contribution is 6.02. The number of anilines is 2. The number of para-hydroxylation sites is 1. The van der Waals surface area contributed by atoms with Crippen LogP contribution in [0.15, 0.2) is 42.5 Å². The Morgan fingerprint density at radius 3 is 2.76 bits per heavy atom. The molecule has 29 heavy (non-hydrogen) atoms. The topological polar surface area (TPSA) is 79.9 Å². The van der Waals surface area contributed by atoms with E-state index in [1.807, 2.05) is 18.2 Å². The molecule has 7 heteroatoms. The highest BCUT2D eigenvalue weighted by atomic mass is 16.5. The number of benzene rings is 2. The molecule has 4 rings (SSSR count). The van der Waals surface area contributed by atoms with Crippen LogP contribution >= 0.6 is 0 Å². The van der Waals surface area contributed by atoms with E-state index in [4.69, 9.17) is 9.47 Å². The summed E-state index contributed by atoms with van der Waals surface area (Å²) in [6.45, 7) is 3.40. The van der Waals surface area contributed by atoms with E-state index in [2.05, 4.69) is 28.5 Å². The van der Waals surface area contributed by atoms with Gasteiger partial charge in [0.15, 0.2) is 11.5 Å². The van der Waals surface area contributed by atoms with Gasteiger partial charge in [-0.3, -0.25) is 10.1 Å². The zero-order chi connectivity index (χ0) is 20.2. The monoisotopic (exact) mass is 395 g/mol. The van der Waals surface area contributed by atoms with Crippen LogP contribution in [0.1, 0.15) is 25.3 Å². The lowest BCUT2D eigenvalue weighted by molar-refractivity contribution is -0.118. The van der Waals surface area contributed by atoms with Crippen molar-refractivity contribution in [1.29, 1.82) is 0 Å². The molecule has 0 radical (unpaired) electrons. The molecule has 0 bridgehead atoms. The zero-order valence-electron chi connectivity index (χ0n) is 16.4. The summed E-state index contributed by atoms with van der Waals surface area (Å²) in [5.74, 6) is 0.896. The van der Waals surface area contributed by atoms with Crippen molar-refractivity contribution in [3.8, 4) is 11.5 Å². The Kier molecular flexibility index (Phi) is 5.55. The van der Waals surface area contributed by atoms with Crippen LogP contribution in [0.3, 0.4) is 0 Å². The fraction of sp³-hybridized carbons (Fsp3) is 0.364. The number of ether oxygens (including phenoxy) is 2. The van der Waals surface area contributed by atoms with Gasteiger partial charge in [0.2, 0.25) is 5.91 Å². The van der Waals surface area contributed by atoms with Gasteiger partial charge < -0.3 is 19.7 Å². The van der Waals surface area contributed by atoms with Gasteiger partial charge in [-0.15, -0.1) is 0 Å². The highest BCUT2D eigenvalue weighted by Gasteiger charge is 2.25. The molecule has 3 amide bonds. The van der Waals surface area contributed by atoms with Crippen LogP contribution in [0.4, 0.5) is 16.2 Å². The molecular formula is C22H25N3O4. The zero-order valence-corrected chi connectivity index (χ0v) is 16.4. The minimum atomic E-state index is -0.567. The van der Waals surface area contributed by atoms with Gasteiger partial charge in [-0.05, 0) is 43.5 Å². The number of aryl methyl sites for hydroxylation is 1. The van der Waals surface area contributed by atoms with E-state index in [1.54, 1.807) is 18.2 Å². The van der Waals surface area contributed by atoms with Crippen molar-refractivity contribution in [3.63, 3.8) is 0 Å². The molecule has 2 aromatic rings. The molecule has 7 nitrogen and oxygen atoms in total. The Bertz CT molecular complexity index is 915. The number of rotatable bonds is 3. The lowest BCUT2D eigenvalue weighted by Crippen LogP contribution is -2.46. The summed E-state index contributed by atoms with van der Waals surface area (Å²) in [5, 5.41) is 5.10. The Balaban J connectivity index is 1.37. The first-order valence-electron chi connectivity index (χ1n) is 9.95. The summed E-state index contributed by atoms with van der Waals surface area (Å²) in [4.78, 5) is 26.8. The maximum absolute atomic E-state index is 12.5. The summed E-state index contributed by atoms with van der Waals surface area (Å²) in [6.07, 6.45) is 2.79. The molecule has 0 spiro atoms. The van der Waals surface area contributed by atoms with E-state index in [1.165, 1.54) is 5.56 Å². The van der Waals surface area contributed by atoms with E-state index in [9.17, 15) is 9.59 Å². The van der Waals surface area contributed by atoms with Crippen molar-refractivity contribution < 1.29 is 19.1 Å². The summed E-state index contributed by atoms with van der Waals surface area (Å²) in [6, 6.07) is 12.9. The van der Waals surface area contributed by atoms with E-state index in [0.29, 0.717) is 30.4 Å². The standard InChI is InChI=1S/C22H25N3O4/c1-15-7-8-16-5-2-3-6-18(16)25(15)14-21(26)24-22(27)23-17-9-10-19-20(13-17)29-12-4-11-28-19/h2-3,5-6,9-10,13,15H,4,7-8,11-12,14H2,1H3,(H2,23,24,26,27)/t15-/m0/s1. The SMILES string of the molecule is C[C@H]1CCc2ccccc2N1CC(=O)NC(=O)Nc1ccc2c(c1)OCCCO2. The van der Waals surface area contributed by atoms with Crippen LogP contribution in [-0.2, 0) is 11.2 Å². The minimum absolute atomic E-state index is 0.132. The molecule has 2 aliphatic heterocycles. The van der Waals surface area contributed by atoms with Gasteiger partial charge in [-0.25, -0.2) is 4.79 Å². The molecule has 2 aliphatic rings. The van der Waals surface area contributed by atoms with Gasteiger partial charge in [-0.1, -0.05) is 18.2 Å². The maximum Gasteiger partial charge on any atom is 0.325 e. The first-order chi connectivity index (χ1) is 14.1. The second-order valence-corrected chi connectivity index (χ2v) is 7.36. The number of hydrogen-bond acceptors (Lipinski definition) is 5. The molecule has 0 unspecified atom stereocenters. The fourth-order valence-electron chi connectivity index (χ4n) is 3.73. The Hall–Kier alpha value is -3.22. The number of carbonyl (C=O) groups is 2. The van der Waals surface area contributed by atoms with Crippen molar-refractivity contribution in [2.24, 2.45) is 0 Å². The maximum atomic E-state index is 12.5. The number of hydrogen-bond donors (Lipinski definition) is 2. The molecule has 0 saturated heterocycles. The molecule has 2 aromatic carbocycles. The predicted molar refractivity (Wildman–Crippen MR) is 111 cm³/mol. The summed E-state index contributed by atoms with van der Waals surface area (Å²) < 4.78 is 11.2. The van der Waals surface area contributed by atoms with E-state index in [-0.39, 0.29) is 18.5 Å². The molecule has 2 N–H and O–H groups in total. The summed E-state index contributed by atoms with van der Waals surface area (Å²) in [5.41, 5.74) is 2.83. The molecule has 0 aromatic heterocycles. The van der Waals surface area contributed by atoms with Crippen molar-refractivity contribution in [3.05, 3.63) is 48.0 Å². The first-order valence-corrected chi connectivity index (χ1v) is 9.95. The summed E-state index contributed by atoms with van der Waals surface area (Å²) in [7, 11) is 0. The molecule has 152 valence electrons. The average Bonchev–Trinajstić information content (AvgIpc) is 2.95. The van der Waals surface area contributed by atoms with Crippen molar-refractivity contribution in [2.75, 3.05) is 30.0 Å². The van der Waals surface area contributed by atoms with Gasteiger partial charge in [-0.2, -0.15) is 0 Å². The number of nitrogens with zero attached hydrogens (tertiary/aromatic N) is 1. The molecule has 0 aliphatic carbocycles. The second kappa shape index (κ2) is 8.43. The van der Waals surface area contributed by atoms with Gasteiger partial charge in [0.05, 0.1) is 19.8 Å². The molecule has 1 atom stereocenters. The number of amides is 3. The van der Waals surface area contributed by atoms with Crippen LogP contribution in [0.2, 0.25) is 0 Å². The van der Waals surface area contributed by atoms with Gasteiger partial charge >= 0.3 is 6.03 Å². The third-order valence-electron chi connectivity index (χ3n) is 5.24. The third kappa shape index (κ3) is 4.45. The number of urea groups is 1. The van der Waals surface area contributed by atoms with Crippen molar-refractivity contribution in [2.45, 2.75) is 32.2 Å². The second-order valence-electron chi connectivity index (χ2n) is 7.36. The number of carbonyl (C=O) groups excluding carboxylic acids is 2. The van der Waals surface area contributed by atoms with E-state index >= 15 is 0 Å². The lowest BCUT2D eigenvalue weighted by Gasteiger charge is -2.36. The van der Waals surface area contributed by atoms with Crippen molar-refractivity contribution >= 4 is 23.3 Å². The van der Waals surface area contributed by atoms with Crippen LogP contribution in [0.25, 0.3) is 0 Å². The molecule has 0 saturated carbocycles. The average molecular weight is 395 g/mol. The van der Waals surface area contributed by atoms with Crippen LogP contribution in [0, 0.1) is 0 Å². The predicted octanol–water partition coefficient (Wildman–Crippen LogP) is 3.34. The lowest BCUT2D eigenvalue weighted by atomic mass is 9.97. The third-order valence-corrected chi connectivity index (χ3v) is 5.24. The Morgan fingerprint density at radius 1 is 1.10 bits per heavy atom. The molecular weight excluding hydrogens is 370 g/mol.